The molecular formula is C68H42N8O8. The van der Waals surface area contributed by atoms with Crippen LogP contribution >= 0.6 is 0 Å². The Morgan fingerprint density at radius 2 is 0.381 bits per heavy atom. The highest BCUT2D eigenvalue weighted by Crippen LogP contribution is 2.41. The molecule has 13 rings (SSSR count). The summed E-state index contributed by atoms with van der Waals surface area (Å²) >= 11 is 0. The summed E-state index contributed by atoms with van der Waals surface area (Å²) in [5.74, 6) is 0. The van der Waals surface area contributed by atoms with Crippen LogP contribution in [0.1, 0.15) is 22.8 Å². The van der Waals surface area contributed by atoms with Gasteiger partial charge in [-0.15, -0.1) is 0 Å². The predicted octanol–water partition coefficient (Wildman–Crippen LogP) is 17.6. The van der Waals surface area contributed by atoms with Gasteiger partial charge < -0.3 is 9.97 Å². The molecule has 8 bridgehead atoms. The molecule has 0 fully saturated rings. The van der Waals surface area contributed by atoms with Crippen molar-refractivity contribution in [3.05, 3.63) is 282 Å². The molecule has 0 atom stereocenters. The van der Waals surface area contributed by atoms with Crippen molar-refractivity contribution in [3.63, 3.8) is 0 Å². The van der Waals surface area contributed by atoms with Gasteiger partial charge in [0, 0.05) is 92.9 Å². The Labute approximate surface area is 477 Å². The van der Waals surface area contributed by atoms with E-state index in [1.54, 1.807) is 48.5 Å². The lowest BCUT2D eigenvalue weighted by Crippen LogP contribution is -1.90. The third-order valence-electron chi connectivity index (χ3n) is 15.1. The maximum absolute atomic E-state index is 11.5. The molecule has 0 saturated heterocycles. The number of hydrogen-bond acceptors (Lipinski definition) is 10. The number of nitrogens with zero attached hydrogens (tertiary/aromatic N) is 6. The fourth-order valence-corrected chi connectivity index (χ4v) is 10.8. The van der Waals surface area contributed by atoms with E-state index in [1.165, 1.54) is 48.5 Å². The van der Waals surface area contributed by atoms with E-state index < -0.39 is 19.7 Å². The number of nitro groups is 4. The fraction of sp³-hybridized carbons (Fsp3) is 0. The second kappa shape index (κ2) is 21.2. The molecule has 84 heavy (non-hydrogen) atoms. The van der Waals surface area contributed by atoms with Gasteiger partial charge in [-0.3, -0.25) is 40.5 Å². The van der Waals surface area contributed by atoms with Crippen molar-refractivity contribution < 1.29 is 19.7 Å². The van der Waals surface area contributed by atoms with Crippen molar-refractivity contribution in [1.82, 2.24) is 19.9 Å². The van der Waals surface area contributed by atoms with Crippen LogP contribution in [0.3, 0.4) is 0 Å². The number of H-pyrrole nitrogens is 2. The first kappa shape index (κ1) is 51.4. The molecular weight excluding hydrogens is 1060 g/mol. The van der Waals surface area contributed by atoms with E-state index in [1.807, 2.05) is 146 Å². The summed E-state index contributed by atoms with van der Waals surface area (Å²) in [4.78, 5) is 62.8. The van der Waals surface area contributed by atoms with Gasteiger partial charge in [0.25, 0.3) is 22.7 Å². The van der Waals surface area contributed by atoms with Gasteiger partial charge in [-0.05, 0) is 164 Å². The minimum Gasteiger partial charge on any atom is -0.354 e. The number of nitro benzene ring substituents is 4. The lowest BCUT2D eigenvalue weighted by molar-refractivity contribution is -0.385. The average Bonchev–Trinajstić information content (AvgIpc) is 3.69. The van der Waals surface area contributed by atoms with Crippen LogP contribution in [0.25, 0.3) is 135 Å². The molecule has 0 spiro atoms. The standard InChI is InChI=1S/C68H42N8O8/c77-73(78)53-25-17-45(18-26-53)41-1-9-49(10-2-41)65-57-33-35-59(69-57)66(50-11-3-42(4-12-50)46-19-27-54(28-20-46)74(79)80)61-37-39-63(71-61)68(52-15-7-44(8-16-52)48-23-31-56(32-24-48)76(83)84)64-40-38-62(72-64)67(60-36-34-58(65)70-60)51-13-5-43(6-14-51)47-21-29-55(30-22-47)75(81)82/h1-40,69,72H. The van der Waals surface area contributed by atoms with Crippen molar-refractivity contribution >= 4 is 69.1 Å². The predicted molar refractivity (Wildman–Crippen MR) is 329 cm³/mol. The zero-order valence-corrected chi connectivity index (χ0v) is 44.0. The topological polar surface area (TPSA) is 230 Å². The number of benzene rings is 8. The quantitative estimate of drug-likeness (QED) is 0.0868. The van der Waals surface area contributed by atoms with Gasteiger partial charge in [-0.2, -0.15) is 0 Å². The highest BCUT2D eigenvalue weighted by atomic mass is 16.6. The van der Waals surface area contributed by atoms with Crippen molar-refractivity contribution in [2.75, 3.05) is 0 Å². The molecule has 8 aromatic carbocycles. The molecule has 11 aromatic rings. The van der Waals surface area contributed by atoms with Crippen LogP contribution in [0, 0.1) is 40.5 Å². The molecule has 0 radical (unpaired) electrons. The van der Waals surface area contributed by atoms with E-state index in [2.05, 4.69) is 9.97 Å². The van der Waals surface area contributed by atoms with Crippen LogP contribution in [0.2, 0.25) is 0 Å². The highest BCUT2D eigenvalue weighted by Gasteiger charge is 2.21. The minimum absolute atomic E-state index is 0.00112. The summed E-state index contributed by atoms with van der Waals surface area (Å²) in [6, 6.07) is 65.9. The third kappa shape index (κ3) is 9.83. The number of rotatable bonds is 12. The highest BCUT2D eigenvalue weighted by molar-refractivity contribution is 6.00. The maximum Gasteiger partial charge on any atom is 0.269 e. The summed E-state index contributed by atoms with van der Waals surface area (Å²) in [7, 11) is 0. The second-order valence-corrected chi connectivity index (χ2v) is 20.0. The summed E-state index contributed by atoms with van der Waals surface area (Å²) < 4.78 is 0. The molecule has 2 N–H and O–H groups in total. The third-order valence-corrected chi connectivity index (χ3v) is 15.1. The maximum atomic E-state index is 11.5. The summed E-state index contributed by atoms with van der Waals surface area (Å²) in [6.45, 7) is 0. The SMILES string of the molecule is O=[N+]([O-])c1ccc(-c2ccc(-c3c4nc(c(-c5ccc(-c6ccc([N+](=O)[O-])cc6)cc5)c5ccc([nH]5)c(-c5ccc(-c6ccc([N+](=O)[O-])cc6)cc5)c5nc(c(-c6ccc(-c7ccc([N+](=O)[O-])cc7)cc6)c6ccc3[nH]6)C=C5)C=C4)cc2)cc1. The van der Waals surface area contributed by atoms with Gasteiger partial charge in [-0.25, -0.2) is 9.97 Å². The molecule has 16 nitrogen and oxygen atoms in total. The zero-order valence-electron chi connectivity index (χ0n) is 44.0. The molecule has 16 heteroatoms. The van der Waals surface area contributed by atoms with E-state index in [-0.39, 0.29) is 22.7 Å². The van der Waals surface area contributed by atoms with Gasteiger partial charge in [0.1, 0.15) is 0 Å². The van der Waals surface area contributed by atoms with Crippen LogP contribution in [-0.4, -0.2) is 39.6 Å². The molecule has 0 saturated carbocycles. The number of nitrogens with one attached hydrogen (secondary N) is 2. The van der Waals surface area contributed by atoms with E-state index in [0.29, 0.717) is 22.8 Å². The number of aromatic nitrogens is 4. The number of hydrogen-bond donors (Lipinski definition) is 2. The Morgan fingerprint density at radius 3 is 0.548 bits per heavy atom. The van der Waals surface area contributed by atoms with Gasteiger partial charge in [0.15, 0.2) is 0 Å². The van der Waals surface area contributed by atoms with Crippen molar-refractivity contribution in [2.24, 2.45) is 0 Å². The van der Waals surface area contributed by atoms with Crippen LogP contribution < -0.4 is 0 Å². The Kier molecular flexibility index (Phi) is 13.0. The van der Waals surface area contributed by atoms with Gasteiger partial charge in [0.2, 0.25) is 0 Å². The van der Waals surface area contributed by atoms with Gasteiger partial charge in [-0.1, -0.05) is 97.1 Å². The Morgan fingerprint density at radius 1 is 0.226 bits per heavy atom. The van der Waals surface area contributed by atoms with E-state index in [4.69, 9.17) is 9.97 Å². The van der Waals surface area contributed by atoms with Crippen molar-refractivity contribution in [2.45, 2.75) is 0 Å². The molecule has 0 aliphatic carbocycles. The molecule has 402 valence electrons. The lowest BCUT2D eigenvalue weighted by atomic mass is 9.99. The molecule has 2 aliphatic heterocycles. The number of aromatic amines is 2. The summed E-state index contributed by atoms with van der Waals surface area (Å²) in [5, 5.41) is 46.0. The van der Waals surface area contributed by atoms with Gasteiger partial charge >= 0.3 is 0 Å². The second-order valence-electron chi connectivity index (χ2n) is 20.0. The average molecular weight is 1100 g/mol. The van der Waals surface area contributed by atoms with Gasteiger partial charge in [0.05, 0.1) is 42.5 Å². The van der Waals surface area contributed by atoms with Crippen molar-refractivity contribution in [3.8, 4) is 89.0 Å². The van der Waals surface area contributed by atoms with E-state index in [9.17, 15) is 40.5 Å². The molecule has 0 amide bonds. The largest absolute Gasteiger partial charge is 0.354 e. The minimum atomic E-state index is -0.420. The van der Waals surface area contributed by atoms with Crippen LogP contribution in [0.5, 0.6) is 0 Å². The number of fused-ring (bicyclic) bond motifs is 8. The Balaban J connectivity index is 1.05. The summed E-state index contributed by atoms with van der Waals surface area (Å²) in [5.41, 5.74) is 19.0. The Bertz CT molecular complexity index is 4110. The number of non-ortho nitro benzene ring substituents is 4. The molecule has 5 heterocycles. The van der Waals surface area contributed by atoms with E-state index >= 15 is 0 Å². The molecule has 3 aromatic heterocycles. The van der Waals surface area contributed by atoms with Crippen LogP contribution in [0.4, 0.5) is 22.7 Å². The van der Waals surface area contributed by atoms with Crippen LogP contribution in [0.15, 0.2) is 218 Å². The molecule has 2 aliphatic rings. The summed E-state index contributed by atoms with van der Waals surface area (Å²) in [6.07, 6.45) is 8.00. The monoisotopic (exact) mass is 1100 g/mol. The fourth-order valence-electron chi connectivity index (χ4n) is 10.8. The zero-order chi connectivity index (χ0) is 57.6. The van der Waals surface area contributed by atoms with E-state index in [0.717, 1.165) is 111 Å². The first-order valence-electron chi connectivity index (χ1n) is 26.5. The Hall–Kier alpha value is -12.0. The van der Waals surface area contributed by atoms with Crippen LogP contribution in [-0.2, 0) is 0 Å². The normalized spacial score (nSPS) is 11.6. The first-order valence-corrected chi connectivity index (χ1v) is 26.5. The first-order chi connectivity index (χ1) is 40.9. The smallest absolute Gasteiger partial charge is 0.269 e. The van der Waals surface area contributed by atoms with Crippen molar-refractivity contribution in [1.29, 1.82) is 0 Å². The molecule has 0 unspecified atom stereocenters. The lowest BCUT2D eigenvalue weighted by Gasteiger charge is -2.09.